The minimum Gasteiger partial charge on any atom is -0.444 e. The molecule has 3 fully saturated rings. The Balaban J connectivity index is 1.40. The van der Waals surface area contributed by atoms with Crippen LogP contribution in [0, 0.1) is 11.8 Å². The fourth-order valence-electron chi connectivity index (χ4n) is 5.02. The van der Waals surface area contributed by atoms with Crippen molar-refractivity contribution in [2.24, 2.45) is 11.8 Å². The number of nitrogens with one attached hydrogen (secondary N) is 1. The number of carbonyl (C=O) groups is 2. The molecule has 3 heterocycles. The average molecular weight is 386 g/mol. The van der Waals surface area contributed by atoms with Crippen LogP contribution in [-0.2, 0) is 16.1 Å². The fraction of sp³-hybridized carbons (Fsp3) is 0.636. The van der Waals surface area contributed by atoms with Gasteiger partial charge in [0.15, 0.2) is 0 Å². The Labute approximate surface area is 167 Å². The molecule has 3 aliphatic heterocycles. The van der Waals surface area contributed by atoms with Gasteiger partial charge >= 0.3 is 6.09 Å². The Bertz CT molecular complexity index is 735. The highest BCUT2D eigenvalue weighted by molar-refractivity contribution is 5.83. The van der Waals surface area contributed by atoms with Gasteiger partial charge in [-0.1, -0.05) is 30.3 Å². The first-order valence-corrected chi connectivity index (χ1v) is 10.3. The minimum atomic E-state index is -0.484. The van der Waals surface area contributed by atoms with Crippen molar-refractivity contribution in [1.82, 2.24) is 15.1 Å². The summed E-state index contributed by atoms with van der Waals surface area (Å²) < 4.78 is 5.51. The van der Waals surface area contributed by atoms with E-state index in [1.807, 2.05) is 26.8 Å². The molecule has 0 unspecified atom stereocenters. The van der Waals surface area contributed by atoms with Gasteiger partial charge < -0.3 is 15.0 Å². The first-order valence-electron chi connectivity index (χ1n) is 10.3. The van der Waals surface area contributed by atoms with E-state index >= 15 is 0 Å². The lowest BCUT2D eigenvalue weighted by Crippen LogP contribution is -2.56. The smallest absolute Gasteiger partial charge is 0.410 e. The lowest BCUT2D eigenvalue weighted by atomic mass is 9.75. The summed E-state index contributed by atoms with van der Waals surface area (Å²) in [6.07, 6.45) is 1.36. The zero-order valence-corrected chi connectivity index (χ0v) is 17.1. The van der Waals surface area contributed by atoms with Gasteiger partial charge in [-0.05, 0) is 39.2 Å². The monoisotopic (exact) mass is 385 g/mol. The molecule has 1 aromatic carbocycles. The Morgan fingerprint density at radius 1 is 1.18 bits per heavy atom. The molecular weight excluding hydrogens is 354 g/mol. The van der Waals surface area contributed by atoms with E-state index in [2.05, 4.69) is 34.5 Å². The van der Waals surface area contributed by atoms with E-state index in [0.29, 0.717) is 19.0 Å². The van der Waals surface area contributed by atoms with Crippen molar-refractivity contribution in [2.45, 2.75) is 51.3 Å². The Kier molecular flexibility index (Phi) is 4.86. The van der Waals surface area contributed by atoms with Crippen LogP contribution in [0.1, 0.15) is 39.2 Å². The molecule has 0 radical (unpaired) electrons. The standard InChI is InChI=1S/C22H31N3O3/c1-21(2,3)28-20(27)25-11-9-22(10-12-25)18-15-24(14-17(18)19(26)23-22)13-16-7-5-4-6-8-16/h4-8,17-18H,9-15H2,1-3H3,(H,23,26)/t17-,18-/m1/s1. The zero-order chi connectivity index (χ0) is 19.9. The molecule has 2 amide bonds. The van der Waals surface area contributed by atoms with E-state index in [1.54, 1.807) is 4.90 Å². The van der Waals surface area contributed by atoms with Crippen LogP contribution >= 0.6 is 0 Å². The molecule has 0 aliphatic carbocycles. The Hall–Kier alpha value is -2.08. The highest BCUT2D eigenvalue weighted by Gasteiger charge is 2.57. The van der Waals surface area contributed by atoms with E-state index in [-0.39, 0.29) is 23.5 Å². The fourth-order valence-corrected chi connectivity index (χ4v) is 5.02. The first-order chi connectivity index (χ1) is 13.3. The highest BCUT2D eigenvalue weighted by atomic mass is 16.6. The topological polar surface area (TPSA) is 61.9 Å². The summed E-state index contributed by atoms with van der Waals surface area (Å²) in [4.78, 5) is 29.3. The van der Waals surface area contributed by atoms with Crippen molar-refractivity contribution in [3.63, 3.8) is 0 Å². The largest absolute Gasteiger partial charge is 0.444 e. The second-order valence-corrected chi connectivity index (χ2v) is 9.51. The van der Waals surface area contributed by atoms with Crippen LogP contribution in [0.2, 0.25) is 0 Å². The number of likely N-dealkylation sites (tertiary alicyclic amines) is 2. The van der Waals surface area contributed by atoms with Crippen molar-refractivity contribution in [3.05, 3.63) is 35.9 Å². The maximum Gasteiger partial charge on any atom is 0.410 e. The number of rotatable bonds is 2. The molecule has 6 nitrogen and oxygen atoms in total. The molecule has 0 bridgehead atoms. The summed E-state index contributed by atoms with van der Waals surface area (Å²) in [5.41, 5.74) is 0.630. The van der Waals surface area contributed by atoms with Crippen molar-refractivity contribution < 1.29 is 14.3 Å². The van der Waals surface area contributed by atoms with Gasteiger partial charge in [0.05, 0.1) is 5.92 Å². The summed E-state index contributed by atoms with van der Waals surface area (Å²) in [5.74, 6) is 0.576. The summed E-state index contributed by atoms with van der Waals surface area (Å²) in [5, 5.41) is 3.32. The number of ether oxygens (including phenoxy) is 1. The summed E-state index contributed by atoms with van der Waals surface area (Å²) in [6, 6.07) is 10.4. The minimum absolute atomic E-state index is 0.0665. The summed E-state index contributed by atoms with van der Waals surface area (Å²) in [6.45, 7) is 9.58. The summed E-state index contributed by atoms with van der Waals surface area (Å²) in [7, 11) is 0. The average Bonchev–Trinajstić information content (AvgIpc) is 3.15. The SMILES string of the molecule is CC(C)(C)OC(=O)N1CCC2(CC1)NC(=O)[C@@H]1CN(Cc3ccccc3)C[C@H]12. The predicted molar refractivity (Wildman–Crippen MR) is 107 cm³/mol. The van der Waals surface area contributed by atoms with E-state index in [0.717, 1.165) is 32.5 Å². The van der Waals surface area contributed by atoms with Gasteiger partial charge in [0, 0.05) is 44.2 Å². The maximum absolute atomic E-state index is 12.7. The molecule has 6 heteroatoms. The van der Waals surface area contributed by atoms with Crippen LogP contribution < -0.4 is 5.32 Å². The normalized spacial score (nSPS) is 27.0. The number of amides is 2. The Morgan fingerprint density at radius 3 is 2.50 bits per heavy atom. The van der Waals surface area contributed by atoms with Gasteiger partial charge in [-0.25, -0.2) is 4.79 Å². The van der Waals surface area contributed by atoms with Gasteiger partial charge in [0.2, 0.25) is 5.91 Å². The number of carbonyl (C=O) groups excluding carboxylic acids is 2. The maximum atomic E-state index is 12.7. The van der Waals surface area contributed by atoms with E-state index < -0.39 is 5.60 Å². The van der Waals surface area contributed by atoms with Crippen molar-refractivity contribution in [2.75, 3.05) is 26.2 Å². The summed E-state index contributed by atoms with van der Waals surface area (Å²) >= 11 is 0. The van der Waals surface area contributed by atoms with Gasteiger partial charge in [-0.2, -0.15) is 0 Å². The molecule has 0 aromatic heterocycles. The second kappa shape index (κ2) is 7.07. The van der Waals surface area contributed by atoms with Gasteiger partial charge in [0.1, 0.15) is 5.60 Å². The van der Waals surface area contributed by atoms with E-state index in [4.69, 9.17) is 4.74 Å². The van der Waals surface area contributed by atoms with Crippen molar-refractivity contribution in [1.29, 1.82) is 0 Å². The van der Waals surface area contributed by atoms with Crippen LogP contribution in [0.25, 0.3) is 0 Å². The third kappa shape index (κ3) is 3.75. The van der Waals surface area contributed by atoms with Gasteiger partial charge in [-0.15, -0.1) is 0 Å². The van der Waals surface area contributed by atoms with Gasteiger partial charge in [0.25, 0.3) is 0 Å². The first kappa shape index (κ1) is 19.2. The molecule has 3 saturated heterocycles. The molecule has 2 atom stereocenters. The highest BCUT2D eigenvalue weighted by Crippen LogP contribution is 2.44. The molecule has 1 aromatic rings. The van der Waals surface area contributed by atoms with Crippen LogP contribution in [0.5, 0.6) is 0 Å². The lowest BCUT2D eigenvalue weighted by molar-refractivity contribution is -0.123. The van der Waals surface area contributed by atoms with Crippen LogP contribution in [0.3, 0.4) is 0 Å². The number of benzene rings is 1. The number of hydrogen-bond acceptors (Lipinski definition) is 4. The lowest BCUT2D eigenvalue weighted by Gasteiger charge is -2.42. The molecule has 1 N–H and O–H groups in total. The molecule has 28 heavy (non-hydrogen) atoms. The quantitative estimate of drug-likeness (QED) is 0.850. The van der Waals surface area contributed by atoms with Gasteiger partial charge in [-0.3, -0.25) is 9.69 Å². The zero-order valence-electron chi connectivity index (χ0n) is 17.1. The van der Waals surface area contributed by atoms with E-state index in [1.165, 1.54) is 5.56 Å². The third-order valence-electron chi connectivity index (χ3n) is 6.37. The number of hydrogen-bond donors (Lipinski definition) is 1. The third-order valence-corrected chi connectivity index (χ3v) is 6.37. The van der Waals surface area contributed by atoms with Crippen molar-refractivity contribution in [3.8, 4) is 0 Å². The number of fused-ring (bicyclic) bond motifs is 2. The van der Waals surface area contributed by atoms with Crippen LogP contribution in [0.4, 0.5) is 4.79 Å². The molecular formula is C22H31N3O3. The van der Waals surface area contributed by atoms with Crippen LogP contribution in [0.15, 0.2) is 30.3 Å². The van der Waals surface area contributed by atoms with E-state index in [9.17, 15) is 9.59 Å². The van der Waals surface area contributed by atoms with Crippen LogP contribution in [-0.4, -0.2) is 59.1 Å². The van der Waals surface area contributed by atoms with Crippen molar-refractivity contribution >= 4 is 12.0 Å². The Morgan fingerprint density at radius 2 is 1.86 bits per heavy atom. The number of piperidine rings is 1. The molecule has 4 rings (SSSR count). The predicted octanol–water partition coefficient (Wildman–Crippen LogP) is 2.63. The molecule has 3 aliphatic rings. The molecule has 1 spiro atoms. The molecule has 0 saturated carbocycles. The number of nitrogens with zero attached hydrogens (tertiary/aromatic N) is 2. The molecule has 152 valence electrons. The second-order valence-electron chi connectivity index (χ2n) is 9.51.